The Morgan fingerprint density at radius 2 is 1.83 bits per heavy atom. The fourth-order valence-corrected chi connectivity index (χ4v) is 2.69. The summed E-state index contributed by atoms with van der Waals surface area (Å²) in [6.07, 6.45) is 1.80. The third kappa shape index (κ3) is 3.73. The van der Waals surface area contributed by atoms with Gasteiger partial charge in [-0.2, -0.15) is 0 Å². The zero-order chi connectivity index (χ0) is 17.0. The van der Waals surface area contributed by atoms with Crippen molar-refractivity contribution in [2.75, 3.05) is 12.4 Å². The summed E-state index contributed by atoms with van der Waals surface area (Å²) < 4.78 is 5.37. The minimum Gasteiger partial charge on any atom is -0.481 e. The van der Waals surface area contributed by atoms with Gasteiger partial charge in [-0.25, -0.2) is 4.98 Å². The minimum atomic E-state index is -0.102. The van der Waals surface area contributed by atoms with Crippen LogP contribution in [0.15, 0.2) is 16.9 Å². The maximum Gasteiger partial charge on any atom is 0.271 e. The van der Waals surface area contributed by atoms with E-state index in [1.807, 2.05) is 19.9 Å². The molecule has 5 heteroatoms. The monoisotopic (exact) mass is 315 g/mol. The van der Waals surface area contributed by atoms with Crippen LogP contribution in [-0.4, -0.2) is 17.1 Å². The molecule has 5 nitrogen and oxygen atoms in total. The summed E-state index contributed by atoms with van der Waals surface area (Å²) in [5, 5.41) is 3.21. The maximum absolute atomic E-state index is 12.1. The van der Waals surface area contributed by atoms with Crippen LogP contribution in [0.25, 0.3) is 0 Å². The van der Waals surface area contributed by atoms with E-state index < -0.39 is 0 Å². The highest BCUT2D eigenvalue weighted by molar-refractivity contribution is 5.46. The summed E-state index contributed by atoms with van der Waals surface area (Å²) in [7, 11) is 1.62. The van der Waals surface area contributed by atoms with E-state index in [1.165, 1.54) is 5.56 Å². The smallest absolute Gasteiger partial charge is 0.271 e. The van der Waals surface area contributed by atoms with Crippen LogP contribution in [0.4, 0.5) is 5.69 Å². The lowest BCUT2D eigenvalue weighted by atomic mass is 10.1. The summed E-state index contributed by atoms with van der Waals surface area (Å²) in [5.41, 5.74) is 5.65. The Labute approximate surface area is 137 Å². The van der Waals surface area contributed by atoms with Gasteiger partial charge in [0.2, 0.25) is 5.88 Å². The number of H-pyrrole nitrogens is 1. The molecule has 2 N–H and O–H groups in total. The van der Waals surface area contributed by atoms with Gasteiger partial charge in [0, 0.05) is 23.5 Å². The average molecular weight is 315 g/mol. The number of aromatic amines is 1. The normalized spacial score (nSPS) is 10.7. The standard InChI is InChI=1S/C18H25N3O2/c1-6-13-8-15(18(23-5)21-12(13)4)10-19-16-9-14(7-2)11(3)20-17(16)22/h8-9,19H,6-7,10H2,1-5H3,(H,20,22). The molecule has 2 rings (SSSR count). The lowest BCUT2D eigenvalue weighted by molar-refractivity contribution is 0.391. The predicted molar refractivity (Wildman–Crippen MR) is 93.4 cm³/mol. The summed E-state index contributed by atoms with van der Waals surface area (Å²) in [4.78, 5) is 19.5. The van der Waals surface area contributed by atoms with Gasteiger partial charge in [-0.3, -0.25) is 4.79 Å². The van der Waals surface area contributed by atoms with E-state index in [4.69, 9.17) is 4.74 Å². The van der Waals surface area contributed by atoms with E-state index in [2.05, 4.69) is 35.2 Å². The highest BCUT2D eigenvalue weighted by Crippen LogP contribution is 2.21. The van der Waals surface area contributed by atoms with Crippen LogP contribution < -0.4 is 15.6 Å². The van der Waals surface area contributed by atoms with Crippen LogP contribution in [0.5, 0.6) is 5.88 Å². The quantitative estimate of drug-likeness (QED) is 0.859. The Kier molecular flexibility index (Phi) is 5.42. The van der Waals surface area contributed by atoms with Gasteiger partial charge in [0.05, 0.1) is 7.11 Å². The predicted octanol–water partition coefficient (Wildman–Crippen LogP) is 3.13. The fraction of sp³-hybridized carbons (Fsp3) is 0.444. The zero-order valence-corrected chi connectivity index (χ0v) is 14.5. The molecule has 2 heterocycles. The van der Waals surface area contributed by atoms with Crippen molar-refractivity contribution in [3.63, 3.8) is 0 Å². The molecule has 0 saturated heterocycles. The van der Waals surface area contributed by atoms with Crippen molar-refractivity contribution in [3.05, 3.63) is 50.6 Å². The lowest BCUT2D eigenvalue weighted by Gasteiger charge is -2.13. The first-order valence-corrected chi connectivity index (χ1v) is 8.00. The number of methoxy groups -OCH3 is 1. The zero-order valence-electron chi connectivity index (χ0n) is 14.5. The number of hydrogen-bond donors (Lipinski definition) is 2. The number of aryl methyl sites for hydroxylation is 4. The maximum atomic E-state index is 12.1. The van der Waals surface area contributed by atoms with Gasteiger partial charge in [0.1, 0.15) is 5.69 Å². The Balaban J connectivity index is 2.29. The second kappa shape index (κ2) is 7.31. The van der Waals surface area contributed by atoms with Gasteiger partial charge in [-0.1, -0.05) is 13.8 Å². The molecule has 0 radical (unpaired) electrons. The molecule has 124 valence electrons. The number of ether oxygens (including phenoxy) is 1. The highest BCUT2D eigenvalue weighted by Gasteiger charge is 2.10. The molecular weight excluding hydrogens is 290 g/mol. The Hall–Kier alpha value is -2.30. The minimum absolute atomic E-state index is 0.102. The van der Waals surface area contributed by atoms with Gasteiger partial charge < -0.3 is 15.0 Å². The van der Waals surface area contributed by atoms with Crippen molar-refractivity contribution in [2.45, 2.75) is 47.1 Å². The molecule has 0 amide bonds. The Morgan fingerprint density at radius 3 is 2.43 bits per heavy atom. The summed E-state index contributed by atoms with van der Waals surface area (Å²) in [5.74, 6) is 0.603. The van der Waals surface area contributed by atoms with Gasteiger partial charge in [-0.05, 0) is 49.9 Å². The Bertz CT molecular complexity index is 751. The molecule has 0 saturated carbocycles. The van der Waals surface area contributed by atoms with E-state index in [1.54, 1.807) is 7.11 Å². The molecule has 0 aliphatic carbocycles. The van der Waals surface area contributed by atoms with Crippen molar-refractivity contribution in [1.29, 1.82) is 0 Å². The van der Waals surface area contributed by atoms with Crippen molar-refractivity contribution in [2.24, 2.45) is 0 Å². The van der Waals surface area contributed by atoms with Crippen molar-refractivity contribution in [1.82, 2.24) is 9.97 Å². The molecule has 0 aliphatic heterocycles. The summed E-state index contributed by atoms with van der Waals surface area (Å²) in [6, 6.07) is 4.01. The first kappa shape index (κ1) is 17.1. The largest absolute Gasteiger partial charge is 0.481 e. The topological polar surface area (TPSA) is 67.0 Å². The third-order valence-electron chi connectivity index (χ3n) is 4.13. The fourth-order valence-electron chi connectivity index (χ4n) is 2.69. The average Bonchev–Trinajstić information content (AvgIpc) is 2.54. The van der Waals surface area contributed by atoms with Crippen molar-refractivity contribution < 1.29 is 4.74 Å². The number of pyridine rings is 2. The molecule has 0 aliphatic rings. The summed E-state index contributed by atoms with van der Waals surface area (Å²) in [6.45, 7) is 8.58. The van der Waals surface area contributed by atoms with Crippen LogP contribution >= 0.6 is 0 Å². The molecule has 23 heavy (non-hydrogen) atoms. The number of rotatable bonds is 6. The van der Waals surface area contributed by atoms with E-state index in [-0.39, 0.29) is 5.56 Å². The van der Waals surface area contributed by atoms with Crippen molar-refractivity contribution >= 4 is 5.69 Å². The molecular formula is C18H25N3O2. The molecule has 0 spiro atoms. The van der Waals surface area contributed by atoms with Gasteiger partial charge in [0.15, 0.2) is 0 Å². The Morgan fingerprint density at radius 1 is 1.13 bits per heavy atom. The van der Waals surface area contributed by atoms with E-state index in [0.29, 0.717) is 18.1 Å². The van der Waals surface area contributed by atoms with Gasteiger partial charge >= 0.3 is 0 Å². The molecule has 2 aromatic rings. The molecule has 0 bridgehead atoms. The van der Waals surface area contributed by atoms with Crippen LogP contribution in [0.2, 0.25) is 0 Å². The highest BCUT2D eigenvalue weighted by atomic mass is 16.5. The molecule has 0 aromatic carbocycles. The van der Waals surface area contributed by atoms with Crippen LogP contribution in [0.1, 0.15) is 41.9 Å². The van der Waals surface area contributed by atoms with E-state index in [0.717, 1.165) is 35.4 Å². The van der Waals surface area contributed by atoms with Gasteiger partial charge in [-0.15, -0.1) is 0 Å². The van der Waals surface area contributed by atoms with Crippen LogP contribution in [0.3, 0.4) is 0 Å². The molecule has 0 atom stereocenters. The second-order valence-corrected chi connectivity index (χ2v) is 5.62. The number of nitrogens with zero attached hydrogens (tertiary/aromatic N) is 1. The van der Waals surface area contributed by atoms with Gasteiger partial charge in [0.25, 0.3) is 5.56 Å². The first-order chi connectivity index (χ1) is 11.0. The van der Waals surface area contributed by atoms with Crippen molar-refractivity contribution in [3.8, 4) is 5.88 Å². The van der Waals surface area contributed by atoms with E-state index in [9.17, 15) is 4.79 Å². The number of aromatic nitrogens is 2. The third-order valence-corrected chi connectivity index (χ3v) is 4.13. The lowest BCUT2D eigenvalue weighted by Crippen LogP contribution is -2.17. The second-order valence-electron chi connectivity index (χ2n) is 5.62. The number of anilines is 1. The SMILES string of the molecule is CCc1cc(CNc2cc(CC)c(C)[nH]c2=O)c(OC)nc1C. The number of hydrogen-bond acceptors (Lipinski definition) is 4. The van der Waals surface area contributed by atoms with Crippen LogP contribution in [-0.2, 0) is 19.4 Å². The summed E-state index contributed by atoms with van der Waals surface area (Å²) >= 11 is 0. The number of nitrogens with one attached hydrogen (secondary N) is 2. The molecule has 0 fully saturated rings. The first-order valence-electron chi connectivity index (χ1n) is 8.00. The molecule has 2 aromatic heterocycles. The molecule has 0 unspecified atom stereocenters. The van der Waals surface area contributed by atoms with E-state index >= 15 is 0 Å². The van der Waals surface area contributed by atoms with Crippen LogP contribution in [0, 0.1) is 13.8 Å².